The molecule has 142 valence electrons. The summed E-state index contributed by atoms with van der Waals surface area (Å²) in [6.45, 7) is 1.12. The van der Waals surface area contributed by atoms with Crippen LogP contribution in [0.15, 0.2) is 66.9 Å². The third-order valence-corrected chi connectivity index (χ3v) is 5.41. The molecule has 5 nitrogen and oxygen atoms in total. The van der Waals surface area contributed by atoms with Crippen LogP contribution in [0.3, 0.4) is 0 Å². The number of hydrogen-bond acceptors (Lipinski definition) is 3. The van der Waals surface area contributed by atoms with Crippen molar-refractivity contribution in [2.24, 2.45) is 13.0 Å². The van der Waals surface area contributed by atoms with Crippen LogP contribution in [0.1, 0.15) is 33.8 Å². The van der Waals surface area contributed by atoms with Gasteiger partial charge in [0.05, 0.1) is 0 Å². The third kappa shape index (κ3) is 3.48. The van der Waals surface area contributed by atoms with Gasteiger partial charge in [0, 0.05) is 37.9 Å². The number of ketones is 1. The minimum Gasteiger partial charge on any atom is -0.340 e. The van der Waals surface area contributed by atoms with E-state index in [-0.39, 0.29) is 17.6 Å². The van der Waals surface area contributed by atoms with Gasteiger partial charge in [0.2, 0.25) is 0 Å². The Hall–Kier alpha value is -3.21. The van der Waals surface area contributed by atoms with Crippen LogP contribution in [0.4, 0.5) is 0 Å². The van der Waals surface area contributed by atoms with E-state index in [1.807, 2.05) is 60.1 Å². The Kier molecular flexibility index (Phi) is 5.06. The SMILES string of the molecule is Cn1c(C(=O)N2CCCC(C(=O)c3ccccn3)C2)ccc1-c1ccccc1. The summed E-state index contributed by atoms with van der Waals surface area (Å²) >= 11 is 0. The van der Waals surface area contributed by atoms with Crippen molar-refractivity contribution in [1.29, 1.82) is 0 Å². The number of pyridine rings is 1. The summed E-state index contributed by atoms with van der Waals surface area (Å²) in [4.78, 5) is 31.9. The van der Waals surface area contributed by atoms with Gasteiger partial charge in [0.15, 0.2) is 5.78 Å². The summed E-state index contributed by atoms with van der Waals surface area (Å²) < 4.78 is 1.93. The van der Waals surface area contributed by atoms with Crippen molar-refractivity contribution in [3.8, 4) is 11.3 Å². The summed E-state index contributed by atoms with van der Waals surface area (Å²) in [5.74, 6) is -0.195. The lowest BCUT2D eigenvalue weighted by atomic mass is 9.91. The van der Waals surface area contributed by atoms with Gasteiger partial charge < -0.3 is 9.47 Å². The first-order valence-electron chi connectivity index (χ1n) is 9.61. The molecule has 1 amide bonds. The highest BCUT2D eigenvalue weighted by molar-refractivity contribution is 5.98. The molecule has 0 N–H and O–H groups in total. The highest BCUT2D eigenvalue weighted by atomic mass is 16.2. The number of Topliss-reactive ketones (excluding diaryl/α,β-unsaturated/α-hetero) is 1. The quantitative estimate of drug-likeness (QED) is 0.653. The van der Waals surface area contributed by atoms with Crippen molar-refractivity contribution in [2.75, 3.05) is 13.1 Å². The van der Waals surface area contributed by atoms with Crippen LogP contribution in [-0.4, -0.2) is 39.2 Å². The lowest BCUT2D eigenvalue weighted by molar-refractivity contribution is 0.0628. The van der Waals surface area contributed by atoms with E-state index in [2.05, 4.69) is 4.98 Å². The Balaban J connectivity index is 1.52. The fourth-order valence-corrected chi connectivity index (χ4v) is 3.88. The molecule has 1 atom stereocenters. The molecule has 0 spiro atoms. The summed E-state index contributed by atoms with van der Waals surface area (Å²) in [6.07, 6.45) is 3.25. The number of rotatable bonds is 4. The highest BCUT2D eigenvalue weighted by Gasteiger charge is 2.31. The van der Waals surface area contributed by atoms with Crippen molar-refractivity contribution in [1.82, 2.24) is 14.5 Å². The Morgan fingerprint density at radius 1 is 1.00 bits per heavy atom. The monoisotopic (exact) mass is 373 g/mol. The normalized spacial score (nSPS) is 16.8. The maximum Gasteiger partial charge on any atom is 0.270 e. The molecule has 0 bridgehead atoms. The van der Waals surface area contributed by atoms with Crippen LogP contribution in [-0.2, 0) is 7.05 Å². The van der Waals surface area contributed by atoms with Crippen LogP contribution in [0.2, 0.25) is 0 Å². The fourth-order valence-electron chi connectivity index (χ4n) is 3.88. The van der Waals surface area contributed by atoms with E-state index in [0.717, 1.165) is 24.1 Å². The van der Waals surface area contributed by atoms with Gasteiger partial charge in [0.1, 0.15) is 11.4 Å². The zero-order valence-electron chi connectivity index (χ0n) is 15.9. The topological polar surface area (TPSA) is 55.2 Å². The Morgan fingerprint density at radius 2 is 1.79 bits per heavy atom. The molecule has 4 rings (SSSR count). The number of aromatic nitrogens is 2. The smallest absolute Gasteiger partial charge is 0.270 e. The summed E-state index contributed by atoms with van der Waals surface area (Å²) in [6, 6.07) is 19.2. The lowest BCUT2D eigenvalue weighted by Crippen LogP contribution is -2.43. The molecule has 1 unspecified atom stereocenters. The number of piperidine rings is 1. The number of carbonyl (C=O) groups is 2. The molecular formula is C23H23N3O2. The van der Waals surface area contributed by atoms with Crippen LogP contribution in [0.25, 0.3) is 11.3 Å². The second-order valence-corrected chi connectivity index (χ2v) is 7.20. The predicted octanol–water partition coefficient (Wildman–Crippen LogP) is 3.82. The van der Waals surface area contributed by atoms with E-state index in [1.54, 1.807) is 23.2 Å². The molecule has 3 heterocycles. The van der Waals surface area contributed by atoms with E-state index < -0.39 is 0 Å². The first-order valence-corrected chi connectivity index (χ1v) is 9.61. The first-order chi connectivity index (χ1) is 13.6. The maximum atomic E-state index is 13.1. The average Bonchev–Trinajstić information content (AvgIpc) is 3.15. The molecule has 0 radical (unpaired) electrons. The van der Waals surface area contributed by atoms with Crippen LogP contribution >= 0.6 is 0 Å². The largest absolute Gasteiger partial charge is 0.340 e. The van der Waals surface area contributed by atoms with E-state index in [0.29, 0.717) is 24.5 Å². The van der Waals surface area contributed by atoms with Crippen LogP contribution < -0.4 is 0 Å². The summed E-state index contributed by atoms with van der Waals surface area (Å²) in [5.41, 5.74) is 3.20. The number of hydrogen-bond donors (Lipinski definition) is 0. The molecule has 1 aromatic carbocycles. The van der Waals surface area contributed by atoms with Crippen molar-refractivity contribution in [3.63, 3.8) is 0 Å². The Bertz CT molecular complexity index is 980. The highest BCUT2D eigenvalue weighted by Crippen LogP contribution is 2.25. The standard InChI is InChI=1S/C23H23N3O2/c1-25-20(17-8-3-2-4-9-17)12-13-21(25)23(28)26-15-7-10-18(16-26)22(27)19-11-5-6-14-24-19/h2-6,8-9,11-14,18H,7,10,15-16H2,1H3. The van der Waals surface area contributed by atoms with E-state index in [1.165, 1.54) is 0 Å². The molecule has 0 saturated carbocycles. The Morgan fingerprint density at radius 3 is 2.54 bits per heavy atom. The van der Waals surface area contributed by atoms with E-state index in [4.69, 9.17) is 0 Å². The number of nitrogens with zero attached hydrogens (tertiary/aromatic N) is 3. The molecule has 5 heteroatoms. The van der Waals surface area contributed by atoms with Gasteiger partial charge in [-0.1, -0.05) is 36.4 Å². The average molecular weight is 373 g/mol. The minimum atomic E-state index is -0.193. The number of amides is 1. The van der Waals surface area contributed by atoms with E-state index >= 15 is 0 Å². The molecular weight excluding hydrogens is 350 g/mol. The molecule has 1 saturated heterocycles. The molecule has 2 aromatic heterocycles. The molecule has 1 aliphatic rings. The molecule has 1 aliphatic heterocycles. The summed E-state index contributed by atoms with van der Waals surface area (Å²) in [5, 5.41) is 0. The lowest BCUT2D eigenvalue weighted by Gasteiger charge is -2.32. The van der Waals surface area contributed by atoms with Crippen LogP contribution in [0.5, 0.6) is 0 Å². The molecule has 0 aliphatic carbocycles. The Labute approximate surface area is 164 Å². The maximum absolute atomic E-state index is 13.1. The van der Waals surface area contributed by atoms with Crippen molar-refractivity contribution < 1.29 is 9.59 Å². The van der Waals surface area contributed by atoms with Crippen molar-refractivity contribution in [3.05, 3.63) is 78.2 Å². The van der Waals surface area contributed by atoms with Gasteiger partial charge in [0.25, 0.3) is 5.91 Å². The van der Waals surface area contributed by atoms with Gasteiger partial charge in [-0.25, -0.2) is 0 Å². The van der Waals surface area contributed by atoms with Gasteiger partial charge in [-0.15, -0.1) is 0 Å². The second-order valence-electron chi connectivity index (χ2n) is 7.20. The molecule has 3 aromatic rings. The number of benzene rings is 1. The fraction of sp³-hybridized carbons (Fsp3) is 0.261. The van der Waals surface area contributed by atoms with Gasteiger partial charge in [-0.2, -0.15) is 0 Å². The zero-order valence-corrected chi connectivity index (χ0v) is 15.9. The molecule has 1 fully saturated rings. The van der Waals surface area contributed by atoms with Gasteiger partial charge >= 0.3 is 0 Å². The number of carbonyl (C=O) groups excluding carboxylic acids is 2. The van der Waals surface area contributed by atoms with Crippen LogP contribution in [0, 0.1) is 5.92 Å². The zero-order chi connectivity index (χ0) is 19.5. The second kappa shape index (κ2) is 7.80. The molecule has 28 heavy (non-hydrogen) atoms. The van der Waals surface area contributed by atoms with Crippen molar-refractivity contribution >= 4 is 11.7 Å². The summed E-state index contributed by atoms with van der Waals surface area (Å²) in [7, 11) is 1.91. The van der Waals surface area contributed by atoms with E-state index in [9.17, 15) is 9.59 Å². The van der Waals surface area contributed by atoms with Crippen molar-refractivity contribution in [2.45, 2.75) is 12.8 Å². The first kappa shape index (κ1) is 18.2. The van der Waals surface area contributed by atoms with Gasteiger partial charge in [-0.05, 0) is 42.7 Å². The number of likely N-dealkylation sites (tertiary alicyclic amines) is 1. The third-order valence-electron chi connectivity index (χ3n) is 5.41. The minimum absolute atomic E-state index is 0.0231. The predicted molar refractivity (Wildman–Crippen MR) is 108 cm³/mol. The van der Waals surface area contributed by atoms with Gasteiger partial charge in [-0.3, -0.25) is 14.6 Å².